The predicted octanol–water partition coefficient (Wildman–Crippen LogP) is 2.33. The van der Waals surface area contributed by atoms with Crippen molar-refractivity contribution in [1.29, 1.82) is 0 Å². The highest BCUT2D eigenvalue weighted by Gasteiger charge is 2.27. The number of nitrogens with zero attached hydrogens (tertiary/aromatic N) is 1. The summed E-state index contributed by atoms with van der Waals surface area (Å²) in [5, 5.41) is 3.20. The smallest absolute Gasteiger partial charge is 0.270 e. The molecule has 0 aliphatic carbocycles. The number of carbonyl (C=O) groups excluding carboxylic acids is 2. The van der Waals surface area contributed by atoms with Gasteiger partial charge in [0.15, 0.2) is 5.78 Å². The molecular weight excluding hydrogens is 302 g/mol. The van der Waals surface area contributed by atoms with Gasteiger partial charge < -0.3 is 15.2 Å². The molecule has 0 unspecified atom stereocenters. The van der Waals surface area contributed by atoms with Crippen molar-refractivity contribution in [3.63, 3.8) is 0 Å². The number of aromatic amines is 1. The second-order valence-electron chi connectivity index (χ2n) is 5.97. The van der Waals surface area contributed by atoms with Gasteiger partial charge in [-0.15, -0.1) is 12.4 Å². The molecule has 1 fully saturated rings. The van der Waals surface area contributed by atoms with Crippen LogP contribution in [0.15, 0.2) is 0 Å². The van der Waals surface area contributed by atoms with Crippen molar-refractivity contribution in [3.05, 3.63) is 22.5 Å². The summed E-state index contributed by atoms with van der Waals surface area (Å²) < 4.78 is 0. The average molecular weight is 328 g/mol. The maximum absolute atomic E-state index is 12.6. The Morgan fingerprint density at radius 1 is 1.27 bits per heavy atom. The zero-order chi connectivity index (χ0) is 15.6. The van der Waals surface area contributed by atoms with Crippen molar-refractivity contribution in [2.24, 2.45) is 5.92 Å². The molecule has 0 bridgehead atoms. The summed E-state index contributed by atoms with van der Waals surface area (Å²) in [6.07, 6.45) is 2.07. The molecule has 2 heterocycles. The summed E-state index contributed by atoms with van der Waals surface area (Å²) in [4.78, 5) is 29.3. The van der Waals surface area contributed by atoms with Crippen LogP contribution in [0, 0.1) is 19.8 Å². The van der Waals surface area contributed by atoms with Crippen molar-refractivity contribution in [2.45, 2.75) is 33.6 Å². The number of H-pyrrole nitrogens is 1. The minimum atomic E-state index is 0. The number of hydrogen-bond acceptors (Lipinski definition) is 3. The molecule has 0 spiro atoms. The Balaban J connectivity index is 0.00000242. The van der Waals surface area contributed by atoms with Gasteiger partial charge in [-0.05, 0) is 58.7 Å². The van der Waals surface area contributed by atoms with E-state index in [1.165, 1.54) is 0 Å². The fourth-order valence-electron chi connectivity index (χ4n) is 3.28. The Morgan fingerprint density at radius 3 is 2.32 bits per heavy atom. The maximum atomic E-state index is 12.6. The molecule has 6 heteroatoms. The first kappa shape index (κ1) is 18.7. The van der Waals surface area contributed by atoms with E-state index in [4.69, 9.17) is 0 Å². The molecule has 1 aromatic heterocycles. The second-order valence-corrected chi connectivity index (χ2v) is 5.97. The second kappa shape index (κ2) is 7.79. The Bertz CT molecular complexity index is 546. The van der Waals surface area contributed by atoms with E-state index in [2.05, 4.69) is 10.3 Å². The van der Waals surface area contributed by atoms with Gasteiger partial charge in [0.1, 0.15) is 5.69 Å². The highest BCUT2D eigenvalue weighted by molar-refractivity contribution is 6.02. The molecule has 1 aliphatic rings. The van der Waals surface area contributed by atoms with Crippen LogP contribution in [0.2, 0.25) is 0 Å². The molecule has 1 saturated heterocycles. The summed E-state index contributed by atoms with van der Waals surface area (Å²) in [6, 6.07) is 0. The molecule has 2 N–H and O–H groups in total. The average Bonchev–Trinajstić information content (AvgIpc) is 2.74. The first-order valence-corrected chi connectivity index (χ1v) is 7.59. The van der Waals surface area contributed by atoms with Crippen molar-refractivity contribution >= 4 is 24.1 Å². The number of aromatic nitrogens is 1. The summed E-state index contributed by atoms with van der Waals surface area (Å²) in [7, 11) is 1.96. The van der Waals surface area contributed by atoms with E-state index in [1.54, 1.807) is 6.92 Å². The van der Waals surface area contributed by atoms with Crippen LogP contribution in [0.25, 0.3) is 0 Å². The number of ketones is 1. The van der Waals surface area contributed by atoms with Crippen molar-refractivity contribution in [1.82, 2.24) is 15.2 Å². The number of hydrogen-bond donors (Lipinski definition) is 2. The number of carbonyl (C=O) groups is 2. The van der Waals surface area contributed by atoms with Crippen LogP contribution in [0.3, 0.4) is 0 Å². The summed E-state index contributed by atoms with van der Waals surface area (Å²) in [5.74, 6) is 0.678. The van der Waals surface area contributed by atoms with E-state index in [0.29, 0.717) is 17.2 Å². The Hall–Kier alpha value is -1.33. The van der Waals surface area contributed by atoms with E-state index in [-0.39, 0.29) is 24.1 Å². The summed E-state index contributed by atoms with van der Waals surface area (Å²) in [5.41, 5.74) is 2.80. The lowest BCUT2D eigenvalue weighted by Crippen LogP contribution is -2.40. The quantitative estimate of drug-likeness (QED) is 0.834. The van der Waals surface area contributed by atoms with Crippen molar-refractivity contribution < 1.29 is 9.59 Å². The molecule has 0 saturated carbocycles. The number of halogens is 1. The van der Waals surface area contributed by atoms with Crippen LogP contribution in [0.5, 0.6) is 0 Å². The SMILES string of the molecule is CNCC1CCN(C(=O)c2[nH]c(C)c(C(C)=O)c2C)CC1.Cl. The zero-order valence-electron chi connectivity index (χ0n) is 13.8. The van der Waals surface area contributed by atoms with Crippen LogP contribution in [0.1, 0.15) is 51.9 Å². The van der Waals surface area contributed by atoms with Crippen molar-refractivity contribution in [2.75, 3.05) is 26.7 Å². The molecule has 0 radical (unpaired) electrons. The van der Waals surface area contributed by atoms with Crippen LogP contribution in [-0.4, -0.2) is 48.3 Å². The van der Waals surface area contributed by atoms with Crippen LogP contribution in [-0.2, 0) is 0 Å². The lowest BCUT2D eigenvalue weighted by Gasteiger charge is -2.31. The largest absolute Gasteiger partial charge is 0.354 e. The van der Waals surface area contributed by atoms with Gasteiger partial charge in [0, 0.05) is 24.3 Å². The molecule has 22 heavy (non-hydrogen) atoms. The van der Waals surface area contributed by atoms with Gasteiger partial charge in [0.05, 0.1) is 0 Å². The van der Waals surface area contributed by atoms with Crippen LogP contribution >= 0.6 is 12.4 Å². The van der Waals surface area contributed by atoms with Gasteiger partial charge in [0.2, 0.25) is 0 Å². The lowest BCUT2D eigenvalue weighted by atomic mass is 9.96. The molecule has 0 atom stereocenters. The molecular formula is C16H26ClN3O2. The van der Waals surface area contributed by atoms with E-state index in [0.717, 1.165) is 43.7 Å². The highest BCUT2D eigenvalue weighted by atomic mass is 35.5. The summed E-state index contributed by atoms with van der Waals surface area (Å²) in [6.45, 7) is 7.83. The minimum Gasteiger partial charge on any atom is -0.354 e. The van der Waals surface area contributed by atoms with Crippen molar-refractivity contribution in [3.8, 4) is 0 Å². The Kier molecular flexibility index (Phi) is 6.63. The van der Waals surface area contributed by atoms with E-state index >= 15 is 0 Å². The third-order valence-electron chi connectivity index (χ3n) is 4.40. The first-order chi connectivity index (χ1) is 9.95. The lowest BCUT2D eigenvalue weighted by molar-refractivity contribution is 0.0684. The first-order valence-electron chi connectivity index (χ1n) is 7.59. The number of Topliss-reactive ketones (excluding diaryl/α,β-unsaturated/α-hetero) is 1. The number of nitrogens with one attached hydrogen (secondary N) is 2. The maximum Gasteiger partial charge on any atom is 0.270 e. The highest BCUT2D eigenvalue weighted by Crippen LogP contribution is 2.23. The van der Waals surface area contributed by atoms with E-state index < -0.39 is 0 Å². The third-order valence-corrected chi connectivity index (χ3v) is 4.40. The number of amides is 1. The minimum absolute atomic E-state index is 0. The van der Waals surface area contributed by atoms with Crippen LogP contribution < -0.4 is 5.32 Å². The standard InChI is InChI=1S/C16H25N3O2.ClH/c1-10-14(12(3)20)11(2)18-15(10)16(21)19-7-5-13(6-8-19)9-17-4;/h13,17-18H,5-9H2,1-4H3;1H. The van der Waals surface area contributed by atoms with Gasteiger partial charge in [-0.3, -0.25) is 9.59 Å². The topological polar surface area (TPSA) is 65.2 Å². The third kappa shape index (κ3) is 3.70. The molecule has 2 rings (SSSR count). The molecule has 1 aliphatic heterocycles. The van der Waals surface area contributed by atoms with Gasteiger partial charge >= 0.3 is 0 Å². The fourth-order valence-corrected chi connectivity index (χ4v) is 3.28. The molecule has 0 aromatic carbocycles. The molecule has 124 valence electrons. The number of rotatable bonds is 4. The molecule has 1 aromatic rings. The summed E-state index contributed by atoms with van der Waals surface area (Å²) >= 11 is 0. The Labute approximate surface area is 138 Å². The Morgan fingerprint density at radius 2 is 1.86 bits per heavy atom. The monoisotopic (exact) mass is 327 g/mol. The fraction of sp³-hybridized carbons (Fsp3) is 0.625. The van der Waals surface area contributed by atoms with E-state index in [9.17, 15) is 9.59 Å². The molecule has 1 amide bonds. The number of aryl methyl sites for hydroxylation is 1. The van der Waals surface area contributed by atoms with Gasteiger partial charge in [-0.25, -0.2) is 0 Å². The number of piperidine rings is 1. The van der Waals surface area contributed by atoms with Crippen LogP contribution in [0.4, 0.5) is 0 Å². The normalized spacial score (nSPS) is 15.5. The van der Waals surface area contributed by atoms with Gasteiger partial charge in [0.25, 0.3) is 5.91 Å². The predicted molar refractivity (Wildman–Crippen MR) is 90.1 cm³/mol. The van der Waals surface area contributed by atoms with E-state index in [1.807, 2.05) is 25.8 Å². The molecule has 5 nitrogen and oxygen atoms in total. The number of likely N-dealkylation sites (tertiary alicyclic amines) is 1. The zero-order valence-corrected chi connectivity index (χ0v) is 14.6. The van der Waals surface area contributed by atoms with Gasteiger partial charge in [-0.1, -0.05) is 0 Å². The van der Waals surface area contributed by atoms with Gasteiger partial charge in [-0.2, -0.15) is 0 Å².